The molecule has 2 aromatic rings. The van der Waals surface area contributed by atoms with Crippen LogP contribution in [0.3, 0.4) is 0 Å². The van der Waals surface area contributed by atoms with Crippen LogP contribution in [0.15, 0.2) is 30.6 Å². The van der Waals surface area contributed by atoms with Crippen LogP contribution in [-0.2, 0) is 4.74 Å². The molecule has 0 radical (unpaired) electrons. The Morgan fingerprint density at radius 3 is 2.60 bits per heavy atom. The maximum atomic E-state index is 13.8. The van der Waals surface area contributed by atoms with E-state index in [4.69, 9.17) is 16.3 Å². The van der Waals surface area contributed by atoms with Gasteiger partial charge in [-0.15, -0.1) is 0 Å². The minimum Gasteiger partial charge on any atom is -0.378 e. The fraction of sp³-hybridized carbons (Fsp3) is 0.286. The highest BCUT2D eigenvalue weighted by Crippen LogP contribution is 2.24. The lowest BCUT2D eigenvalue weighted by Gasteiger charge is -2.28. The summed E-state index contributed by atoms with van der Waals surface area (Å²) in [5.74, 6) is -0.420. The van der Waals surface area contributed by atoms with E-state index in [2.05, 4.69) is 14.9 Å². The summed E-state index contributed by atoms with van der Waals surface area (Å²) in [6, 6.07) is 4.91. The second-order valence-corrected chi connectivity index (χ2v) is 4.88. The lowest BCUT2D eigenvalue weighted by atomic mass is 10.2. The summed E-state index contributed by atoms with van der Waals surface area (Å²) in [5.41, 5.74) is 1.91. The number of ether oxygens (including phenoxy) is 1. The smallest absolute Gasteiger partial charge is 0.137 e. The van der Waals surface area contributed by atoms with Crippen LogP contribution in [0.4, 0.5) is 10.1 Å². The Bertz CT molecular complexity index is 600. The zero-order chi connectivity index (χ0) is 13.9. The van der Waals surface area contributed by atoms with Crippen molar-refractivity contribution in [1.82, 2.24) is 9.97 Å². The molecule has 3 heterocycles. The number of anilines is 1. The summed E-state index contributed by atoms with van der Waals surface area (Å²) in [6.45, 7) is 3.13. The van der Waals surface area contributed by atoms with E-state index >= 15 is 0 Å². The van der Waals surface area contributed by atoms with E-state index in [-0.39, 0.29) is 5.15 Å². The first-order valence-corrected chi connectivity index (χ1v) is 6.72. The highest BCUT2D eigenvalue weighted by atomic mass is 35.5. The molecular weight excluding hydrogens is 281 g/mol. The Morgan fingerprint density at radius 2 is 1.95 bits per heavy atom. The van der Waals surface area contributed by atoms with Crippen LogP contribution in [0.2, 0.25) is 5.15 Å². The molecule has 3 rings (SSSR count). The second-order valence-electron chi connectivity index (χ2n) is 4.49. The van der Waals surface area contributed by atoms with Crippen LogP contribution in [0.1, 0.15) is 0 Å². The topological polar surface area (TPSA) is 38.2 Å². The van der Waals surface area contributed by atoms with Gasteiger partial charge in [0.25, 0.3) is 0 Å². The van der Waals surface area contributed by atoms with Gasteiger partial charge in [-0.1, -0.05) is 11.6 Å². The van der Waals surface area contributed by atoms with Gasteiger partial charge in [-0.25, -0.2) is 9.37 Å². The minimum atomic E-state index is -0.420. The van der Waals surface area contributed by atoms with Gasteiger partial charge in [0.1, 0.15) is 11.0 Å². The van der Waals surface area contributed by atoms with Crippen molar-refractivity contribution < 1.29 is 9.13 Å². The first-order chi connectivity index (χ1) is 9.74. The van der Waals surface area contributed by atoms with Gasteiger partial charge in [-0.05, 0) is 12.1 Å². The molecule has 20 heavy (non-hydrogen) atoms. The van der Waals surface area contributed by atoms with E-state index in [1.807, 2.05) is 6.07 Å². The predicted octanol–water partition coefficient (Wildman–Crippen LogP) is 2.77. The Kier molecular flexibility index (Phi) is 3.80. The van der Waals surface area contributed by atoms with E-state index in [0.29, 0.717) is 11.3 Å². The zero-order valence-electron chi connectivity index (χ0n) is 10.7. The van der Waals surface area contributed by atoms with Crippen LogP contribution in [0.25, 0.3) is 11.3 Å². The van der Waals surface area contributed by atoms with E-state index < -0.39 is 5.82 Å². The van der Waals surface area contributed by atoms with Gasteiger partial charge < -0.3 is 9.64 Å². The maximum Gasteiger partial charge on any atom is 0.137 e. The summed E-state index contributed by atoms with van der Waals surface area (Å²) < 4.78 is 19.1. The monoisotopic (exact) mass is 293 g/mol. The molecule has 0 atom stereocenters. The van der Waals surface area contributed by atoms with Crippen molar-refractivity contribution in [3.63, 3.8) is 0 Å². The van der Waals surface area contributed by atoms with Crippen LogP contribution >= 0.6 is 11.6 Å². The van der Waals surface area contributed by atoms with Gasteiger partial charge in [-0.3, -0.25) is 4.98 Å². The number of nitrogens with zero attached hydrogens (tertiary/aromatic N) is 3. The number of pyridine rings is 2. The molecule has 1 fully saturated rings. The Hall–Kier alpha value is -1.72. The highest BCUT2D eigenvalue weighted by molar-refractivity contribution is 6.29. The lowest BCUT2D eigenvalue weighted by molar-refractivity contribution is 0.122. The minimum absolute atomic E-state index is 0.135. The molecule has 1 saturated heterocycles. The van der Waals surface area contributed by atoms with Gasteiger partial charge in [0.15, 0.2) is 0 Å². The van der Waals surface area contributed by atoms with Crippen LogP contribution in [-0.4, -0.2) is 36.3 Å². The number of hydrogen-bond acceptors (Lipinski definition) is 4. The molecule has 6 heteroatoms. The quantitative estimate of drug-likeness (QED) is 0.798. The average molecular weight is 294 g/mol. The number of hydrogen-bond donors (Lipinski definition) is 0. The molecule has 0 saturated carbocycles. The normalized spacial score (nSPS) is 15.4. The van der Waals surface area contributed by atoms with Gasteiger partial charge in [-0.2, -0.15) is 0 Å². The highest BCUT2D eigenvalue weighted by Gasteiger charge is 2.13. The third-order valence-electron chi connectivity index (χ3n) is 3.22. The molecule has 0 unspecified atom stereocenters. The van der Waals surface area contributed by atoms with Gasteiger partial charge in [0, 0.05) is 25.4 Å². The first-order valence-electron chi connectivity index (χ1n) is 6.34. The summed E-state index contributed by atoms with van der Waals surface area (Å²) in [7, 11) is 0. The molecule has 1 aliphatic heterocycles. The standard InChI is InChI=1S/C14H13ClFN3O/c15-14-7-12(16)11(9-18-14)13-2-1-10(8-17-13)19-3-5-20-6-4-19/h1-2,7-9H,3-6H2. The van der Waals surface area contributed by atoms with Crippen molar-refractivity contribution in [2.75, 3.05) is 31.2 Å². The van der Waals surface area contributed by atoms with E-state index in [1.54, 1.807) is 12.3 Å². The SMILES string of the molecule is Fc1cc(Cl)ncc1-c1ccc(N2CCOCC2)cn1. The van der Waals surface area contributed by atoms with Gasteiger partial charge in [0.2, 0.25) is 0 Å². The fourth-order valence-corrected chi connectivity index (χ4v) is 2.29. The third kappa shape index (κ3) is 2.73. The maximum absolute atomic E-state index is 13.8. The number of rotatable bonds is 2. The largest absolute Gasteiger partial charge is 0.378 e. The van der Waals surface area contributed by atoms with Crippen molar-refractivity contribution in [3.05, 3.63) is 41.6 Å². The van der Waals surface area contributed by atoms with Gasteiger partial charge >= 0.3 is 0 Å². The fourth-order valence-electron chi connectivity index (χ4n) is 2.15. The number of aromatic nitrogens is 2. The molecule has 1 aliphatic rings. The van der Waals surface area contributed by atoms with Crippen molar-refractivity contribution >= 4 is 17.3 Å². The van der Waals surface area contributed by atoms with E-state index in [9.17, 15) is 4.39 Å². The summed E-state index contributed by atoms with van der Waals surface area (Å²) in [4.78, 5) is 10.4. The second kappa shape index (κ2) is 5.73. The lowest BCUT2D eigenvalue weighted by Crippen LogP contribution is -2.36. The number of morpholine rings is 1. The molecule has 2 aromatic heterocycles. The predicted molar refractivity (Wildman–Crippen MR) is 75.5 cm³/mol. The molecule has 0 bridgehead atoms. The summed E-state index contributed by atoms with van der Waals surface area (Å²) in [5, 5.41) is 0.135. The Morgan fingerprint density at radius 1 is 1.15 bits per heavy atom. The molecule has 0 aromatic carbocycles. The van der Waals surface area contributed by atoms with Crippen molar-refractivity contribution in [3.8, 4) is 11.3 Å². The average Bonchev–Trinajstić information content (AvgIpc) is 2.48. The molecule has 0 spiro atoms. The third-order valence-corrected chi connectivity index (χ3v) is 3.43. The molecule has 0 N–H and O–H groups in total. The van der Waals surface area contributed by atoms with Crippen molar-refractivity contribution in [2.24, 2.45) is 0 Å². The number of halogens is 2. The van der Waals surface area contributed by atoms with Crippen molar-refractivity contribution in [2.45, 2.75) is 0 Å². The van der Waals surface area contributed by atoms with Gasteiger partial charge in [0.05, 0.1) is 36.4 Å². The van der Waals surface area contributed by atoms with Crippen LogP contribution in [0, 0.1) is 5.82 Å². The molecule has 104 valence electrons. The zero-order valence-corrected chi connectivity index (χ0v) is 11.5. The van der Waals surface area contributed by atoms with E-state index in [1.165, 1.54) is 12.3 Å². The molecule has 0 amide bonds. The van der Waals surface area contributed by atoms with Crippen LogP contribution < -0.4 is 4.90 Å². The molecular formula is C14H13ClFN3O. The summed E-state index contributed by atoms with van der Waals surface area (Å²) >= 11 is 5.64. The first kappa shape index (κ1) is 13.3. The summed E-state index contributed by atoms with van der Waals surface area (Å²) in [6.07, 6.45) is 3.14. The van der Waals surface area contributed by atoms with Crippen molar-refractivity contribution in [1.29, 1.82) is 0 Å². The Balaban J connectivity index is 1.85. The van der Waals surface area contributed by atoms with E-state index in [0.717, 1.165) is 32.0 Å². The molecule has 0 aliphatic carbocycles. The van der Waals surface area contributed by atoms with Crippen LogP contribution in [0.5, 0.6) is 0 Å². The molecule has 4 nitrogen and oxygen atoms in total. The Labute approximate surface area is 121 Å².